The SMILES string of the molecule is CC[C@@]1(C)C(=O)Nc2cccc(F)c21. The van der Waals surface area contributed by atoms with Crippen LogP contribution in [-0.2, 0) is 10.2 Å². The minimum Gasteiger partial charge on any atom is -0.325 e. The van der Waals surface area contributed by atoms with Gasteiger partial charge in [0.25, 0.3) is 0 Å². The second kappa shape index (κ2) is 2.80. The van der Waals surface area contributed by atoms with Gasteiger partial charge in [0, 0.05) is 11.3 Å². The van der Waals surface area contributed by atoms with Gasteiger partial charge >= 0.3 is 0 Å². The first-order valence-corrected chi connectivity index (χ1v) is 4.70. The minimum atomic E-state index is -0.708. The molecule has 0 saturated carbocycles. The summed E-state index contributed by atoms with van der Waals surface area (Å²) in [6.45, 7) is 3.67. The molecule has 3 heteroatoms. The van der Waals surface area contributed by atoms with E-state index in [1.54, 1.807) is 19.1 Å². The number of rotatable bonds is 1. The Morgan fingerprint density at radius 1 is 1.50 bits per heavy atom. The Labute approximate surface area is 82.1 Å². The number of hydrogen-bond donors (Lipinski definition) is 1. The Morgan fingerprint density at radius 3 is 2.86 bits per heavy atom. The van der Waals surface area contributed by atoms with Crippen LogP contribution in [0.4, 0.5) is 10.1 Å². The molecule has 1 heterocycles. The van der Waals surface area contributed by atoms with Crippen molar-refractivity contribution in [1.29, 1.82) is 0 Å². The quantitative estimate of drug-likeness (QED) is 0.729. The minimum absolute atomic E-state index is 0.111. The van der Waals surface area contributed by atoms with Crippen LogP contribution in [-0.4, -0.2) is 5.91 Å². The van der Waals surface area contributed by atoms with E-state index < -0.39 is 5.41 Å². The van der Waals surface area contributed by atoms with Crippen LogP contribution in [0.3, 0.4) is 0 Å². The second-order valence-corrected chi connectivity index (χ2v) is 3.80. The summed E-state index contributed by atoms with van der Waals surface area (Å²) >= 11 is 0. The lowest BCUT2D eigenvalue weighted by Crippen LogP contribution is -2.30. The number of halogens is 1. The van der Waals surface area contributed by atoms with Crippen molar-refractivity contribution in [2.75, 3.05) is 5.32 Å². The average molecular weight is 193 g/mol. The molecule has 0 aliphatic carbocycles. The molecule has 2 nitrogen and oxygen atoms in total. The van der Waals surface area contributed by atoms with Crippen LogP contribution in [0.2, 0.25) is 0 Å². The van der Waals surface area contributed by atoms with Gasteiger partial charge in [-0.25, -0.2) is 4.39 Å². The van der Waals surface area contributed by atoms with Gasteiger partial charge in [0.15, 0.2) is 0 Å². The van der Waals surface area contributed by atoms with Crippen LogP contribution < -0.4 is 5.32 Å². The molecule has 0 unspecified atom stereocenters. The summed E-state index contributed by atoms with van der Waals surface area (Å²) in [5, 5.41) is 2.70. The highest BCUT2D eigenvalue weighted by atomic mass is 19.1. The van der Waals surface area contributed by atoms with Crippen LogP contribution in [0, 0.1) is 5.82 Å². The van der Waals surface area contributed by atoms with Gasteiger partial charge in [-0.15, -0.1) is 0 Å². The van der Waals surface area contributed by atoms with E-state index in [-0.39, 0.29) is 11.7 Å². The van der Waals surface area contributed by atoms with Crippen LogP contribution >= 0.6 is 0 Å². The van der Waals surface area contributed by atoms with Crippen molar-refractivity contribution in [2.45, 2.75) is 25.7 Å². The lowest BCUT2D eigenvalue weighted by molar-refractivity contribution is -0.120. The fourth-order valence-electron chi connectivity index (χ4n) is 1.90. The molecule has 1 amide bonds. The Kier molecular flexibility index (Phi) is 1.84. The lowest BCUT2D eigenvalue weighted by Gasteiger charge is -2.19. The zero-order valence-corrected chi connectivity index (χ0v) is 8.23. The summed E-state index contributed by atoms with van der Waals surface area (Å²) in [6, 6.07) is 4.74. The smallest absolute Gasteiger partial charge is 0.234 e. The molecule has 0 bridgehead atoms. The van der Waals surface area contributed by atoms with Crippen molar-refractivity contribution >= 4 is 11.6 Å². The van der Waals surface area contributed by atoms with Gasteiger partial charge in [-0.05, 0) is 25.5 Å². The highest BCUT2D eigenvalue weighted by Gasteiger charge is 2.43. The molecule has 0 spiro atoms. The maximum atomic E-state index is 13.6. The number of amides is 1. The number of benzene rings is 1. The molecule has 2 rings (SSSR count). The third kappa shape index (κ3) is 0.983. The number of carbonyl (C=O) groups is 1. The molecular formula is C11H12FNO. The van der Waals surface area contributed by atoms with Crippen LogP contribution in [0.25, 0.3) is 0 Å². The molecule has 0 aromatic heterocycles. The fourth-order valence-corrected chi connectivity index (χ4v) is 1.90. The van der Waals surface area contributed by atoms with Crippen molar-refractivity contribution in [3.63, 3.8) is 0 Å². The summed E-state index contributed by atoms with van der Waals surface area (Å²) in [4.78, 5) is 11.7. The van der Waals surface area contributed by atoms with Gasteiger partial charge in [-0.2, -0.15) is 0 Å². The molecule has 0 saturated heterocycles. The number of fused-ring (bicyclic) bond motifs is 1. The maximum absolute atomic E-state index is 13.6. The van der Waals surface area contributed by atoms with Crippen LogP contribution in [0.15, 0.2) is 18.2 Å². The van der Waals surface area contributed by atoms with E-state index in [0.717, 1.165) is 0 Å². The largest absolute Gasteiger partial charge is 0.325 e. The normalized spacial score (nSPS) is 24.6. The van der Waals surface area contributed by atoms with Crippen LogP contribution in [0.5, 0.6) is 0 Å². The average Bonchev–Trinajstić information content (AvgIpc) is 2.41. The summed E-state index contributed by atoms with van der Waals surface area (Å²) in [5.41, 5.74) is 0.410. The van der Waals surface area contributed by atoms with E-state index in [1.807, 2.05) is 6.92 Å². The Balaban J connectivity index is 2.67. The summed E-state index contributed by atoms with van der Waals surface area (Å²) in [7, 11) is 0. The first kappa shape index (κ1) is 9.19. The number of carbonyl (C=O) groups excluding carboxylic acids is 1. The number of anilines is 1. The molecule has 0 fully saturated rings. The fraction of sp³-hybridized carbons (Fsp3) is 0.364. The van der Waals surface area contributed by atoms with Crippen LogP contribution in [0.1, 0.15) is 25.8 Å². The summed E-state index contributed by atoms with van der Waals surface area (Å²) in [5.74, 6) is -0.412. The van der Waals surface area contributed by atoms with E-state index >= 15 is 0 Å². The predicted octanol–water partition coefficient (Wildman–Crippen LogP) is 2.45. The molecule has 1 N–H and O–H groups in total. The van der Waals surface area contributed by atoms with E-state index in [0.29, 0.717) is 17.7 Å². The second-order valence-electron chi connectivity index (χ2n) is 3.80. The molecule has 14 heavy (non-hydrogen) atoms. The Hall–Kier alpha value is -1.38. The van der Waals surface area contributed by atoms with Gasteiger partial charge in [0.1, 0.15) is 5.82 Å². The number of nitrogens with one attached hydrogen (secondary N) is 1. The van der Waals surface area contributed by atoms with Crippen molar-refractivity contribution in [3.8, 4) is 0 Å². The zero-order valence-electron chi connectivity index (χ0n) is 8.23. The number of hydrogen-bond acceptors (Lipinski definition) is 1. The molecule has 74 valence electrons. The third-order valence-corrected chi connectivity index (χ3v) is 3.02. The van der Waals surface area contributed by atoms with E-state index in [9.17, 15) is 9.18 Å². The molecule has 1 aliphatic rings. The zero-order chi connectivity index (χ0) is 10.3. The van der Waals surface area contributed by atoms with E-state index in [2.05, 4.69) is 5.32 Å². The molecule has 1 atom stereocenters. The molecule has 1 aromatic rings. The monoisotopic (exact) mass is 193 g/mol. The lowest BCUT2D eigenvalue weighted by atomic mass is 9.81. The van der Waals surface area contributed by atoms with Gasteiger partial charge in [0.2, 0.25) is 5.91 Å². The standard InChI is InChI=1S/C11H12FNO/c1-3-11(2)9-7(12)5-4-6-8(9)13-10(11)14/h4-6H,3H2,1-2H3,(H,13,14)/t11-/m1/s1. The van der Waals surface area contributed by atoms with Gasteiger partial charge < -0.3 is 5.32 Å². The Bertz CT molecular complexity index is 402. The van der Waals surface area contributed by atoms with Gasteiger partial charge in [-0.3, -0.25) is 4.79 Å². The van der Waals surface area contributed by atoms with Gasteiger partial charge in [0.05, 0.1) is 5.41 Å². The van der Waals surface area contributed by atoms with Crippen molar-refractivity contribution < 1.29 is 9.18 Å². The summed E-state index contributed by atoms with van der Waals surface area (Å²) in [6.07, 6.45) is 0.604. The van der Waals surface area contributed by atoms with Crippen molar-refractivity contribution in [1.82, 2.24) is 0 Å². The highest BCUT2D eigenvalue weighted by molar-refractivity contribution is 6.05. The third-order valence-electron chi connectivity index (χ3n) is 3.02. The maximum Gasteiger partial charge on any atom is 0.234 e. The highest BCUT2D eigenvalue weighted by Crippen LogP contribution is 2.41. The topological polar surface area (TPSA) is 29.1 Å². The predicted molar refractivity (Wildman–Crippen MR) is 52.7 cm³/mol. The van der Waals surface area contributed by atoms with Crippen molar-refractivity contribution in [3.05, 3.63) is 29.6 Å². The van der Waals surface area contributed by atoms with Crippen molar-refractivity contribution in [2.24, 2.45) is 0 Å². The van der Waals surface area contributed by atoms with Gasteiger partial charge in [-0.1, -0.05) is 13.0 Å². The Morgan fingerprint density at radius 2 is 2.21 bits per heavy atom. The first-order valence-electron chi connectivity index (χ1n) is 4.70. The first-order chi connectivity index (χ1) is 6.59. The molecule has 1 aromatic carbocycles. The summed E-state index contributed by atoms with van der Waals surface area (Å²) < 4.78 is 13.6. The molecular weight excluding hydrogens is 181 g/mol. The van der Waals surface area contributed by atoms with E-state index in [4.69, 9.17) is 0 Å². The van der Waals surface area contributed by atoms with E-state index in [1.165, 1.54) is 6.07 Å². The molecule has 0 radical (unpaired) electrons. The molecule has 1 aliphatic heterocycles.